The van der Waals surface area contributed by atoms with Crippen LogP contribution in [0.5, 0.6) is 5.75 Å². The van der Waals surface area contributed by atoms with Gasteiger partial charge in [-0.25, -0.2) is 0 Å². The molecule has 2 nitrogen and oxygen atoms in total. The first kappa shape index (κ1) is 13.6. The summed E-state index contributed by atoms with van der Waals surface area (Å²) in [7, 11) is 0. The van der Waals surface area contributed by atoms with Gasteiger partial charge < -0.3 is 4.74 Å². The monoisotopic (exact) mass is 231 g/mol. The van der Waals surface area contributed by atoms with Gasteiger partial charge in [0.25, 0.3) is 0 Å². The van der Waals surface area contributed by atoms with Crippen LogP contribution in [0.2, 0.25) is 0 Å². The van der Waals surface area contributed by atoms with Gasteiger partial charge in [0, 0.05) is 0 Å². The Bertz CT molecular complexity index is 424. The van der Waals surface area contributed by atoms with Crippen LogP contribution in [0.15, 0.2) is 18.2 Å². The number of rotatable bonds is 3. The molecule has 0 saturated heterocycles. The maximum atomic E-state index is 8.76. The molecule has 0 aliphatic heterocycles. The van der Waals surface area contributed by atoms with Gasteiger partial charge in [-0.2, -0.15) is 5.26 Å². The number of aryl methyl sites for hydroxylation is 1. The molecule has 0 N–H and O–H groups in total. The lowest BCUT2D eigenvalue weighted by Crippen LogP contribution is -2.15. The minimum Gasteiger partial charge on any atom is -0.492 e. The molecule has 0 aliphatic rings. The maximum Gasteiger partial charge on any atom is 0.123 e. The van der Waals surface area contributed by atoms with E-state index >= 15 is 0 Å². The highest BCUT2D eigenvalue weighted by molar-refractivity contribution is 5.41. The van der Waals surface area contributed by atoms with Crippen LogP contribution in [0.25, 0.3) is 0 Å². The Kier molecular flexibility index (Phi) is 4.17. The van der Waals surface area contributed by atoms with E-state index < -0.39 is 0 Å². The first-order valence-electron chi connectivity index (χ1n) is 5.98. The minimum atomic E-state index is -0.0795. The molecule has 0 amide bonds. The largest absolute Gasteiger partial charge is 0.492 e. The van der Waals surface area contributed by atoms with Gasteiger partial charge in [-0.15, -0.1) is 0 Å². The fourth-order valence-electron chi connectivity index (χ4n) is 1.61. The van der Waals surface area contributed by atoms with E-state index in [2.05, 4.69) is 39.8 Å². The van der Waals surface area contributed by atoms with Crippen molar-refractivity contribution in [1.29, 1.82) is 5.26 Å². The van der Waals surface area contributed by atoms with Gasteiger partial charge >= 0.3 is 0 Å². The lowest BCUT2D eigenvalue weighted by Gasteiger charge is -2.23. The standard InChI is InChI=1S/C15H21NO/c1-11-6-7-14(17-10-12(2)9-16)13(8-11)15(3,4)5/h6-8,12H,10H2,1-5H3. The Morgan fingerprint density at radius 2 is 2.00 bits per heavy atom. The third kappa shape index (κ3) is 3.78. The molecule has 0 radical (unpaired) electrons. The molecule has 1 aromatic carbocycles. The van der Waals surface area contributed by atoms with E-state index in [0.717, 1.165) is 5.75 Å². The van der Waals surface area contributed by atoms with Crippen molar-refractivity contribution < 1.29 is 4.74 Å². The normalized spacial score (nSPS) is 12.9. The van der Waals surface area contributed by atoms with Crippen molar-refractivity contribution in [3.05, 3.63) is 29.3 Å². The third-order valence-corrected chi connectivity index (χ3v) is 2.65. The van der Waals surface area contributed by atoms with Crippen molar-refractivity contribution in [2.24, 2.45) is 5.92 Å². The van der Waals surface area contributed by atoms with Gasteiger partial charge in [0.2, 0.25) is 0 Å². The van der Waals surface area contributed by atoms with Crippen LogP contribution >= 0.6 is 0 Å². The number of nitriles is 1. The summed E-state index contributed by atoms with van der Waals surface area (Å²) < 4.78 is 5.75. The molecule has 92 valence electrons. The fourth-order valence-corrected chi connectivity index (χ4v) is 1.61. The molecule has 1 atom stereocenters. The SMILES string of the molecule is Cc1ccc(OCC(C)C#N)c(C(C)(C)C)c1. The lowest BCUT2D eigenvalue weighted by atomic mass is 9.85. The van der Waals surface area contributed by atoms with E-state index in [9.17, 15) is 0 Å². The van der Waals surface area contributed by atoms with Gasteiger partial charge in [0.05, 0.1) is 12.0 Å². The van der Waals surface area contributed by atoms with E-state index in [0.29, 0.717) is 6.61 Å². The summed E-state index contributed by atoms with van der Waals surface area (Å²) in [5, 5.41) is 8.76. The van der Waals surface area contributed by atoms with Crippen LogP contribution in [0, 0.1) is 24.2 Å². The van der Waals surface area contributed by atoms with Gasteiger partial charge in [-0.3, -0.25) is 0 Å². The summed E-state index contributed by atoms with van der Waals surface area (Å²) in [6.07, 6.45) is 0. The van der Waals surface area contributed by atoms with Crippen LogP contribution in [0.1, 0.15) is 38.8 Å². The molecule has 1 aromatic rings. The van der Waals surface area contributed by atoms with Gasteiger partial charge in [0.15, 0.2) is 0 Å². The zero-order valence-corrected chi connectivity index (χ0v) is 11.4. The molecule has 0 bridgehead atoms. The lowest BCUT2D eigenvalue weighted by molar-refractivity contribution is 0.281. The Morgan fingerprint density at radius 3 is 2.53 bits per heavy atom. The second-order valence-electron chi connectivity index (χ2n) is 5.59. The molecule has 0 spiro atoms. The predicted molar refractivity (Wildman–Crippen MR) is 70.2 cm³/mol. The summed E-state index contributed by atoms with van der Waals surface area (Å²) in [6, 6.07) is 8.38. The smallest absolute Gasteiger partial charge is 0.123 e. The number of benzene rings is 1. The van der Waals surface area contributed by atoms with Gasteiger partial charge in [-0.05, 0) is 30.9 Å². The molecular weight excluding hydrogens is 210 g/mol. The van der Waals surface area contributed by atoms with E-state index in [1.165, 1.54) is 11.1 Å². The topological polar surface area (TPSA) is 33.0 Å². The number of hydrogen-bond donors (Lipinski definition) is 0. The van der Waals surface area contributed by atoms with Gasteiger partial charge in [0.1, 0.15) is 12.4 Å². The number of hydrogen-bond acceptors (Lipinski definition) is 2. The van der Waals surface area contributed by atoms with Crippen molar-refractivity contribution in [3.63, 3.8) is 0 Å². The quantitative estimate of drug-likeness (QED) is 0.792. The Morgan fingerprint density at radius 1 is 1.35 bits per heavy atom. The highest BCUT2D eigenvalue weighted by Gasteiger charge is 2.19. The average molecular weight is 231 g/mol. The molecule has 0 heterocycles. The molecule has 0 fully saturated rings. The minimum absolute atomic E-state index is 0.0528. The van der Waals surface area contributed by atoms with Crippen LogP contribution < -0.4 is 4.74 Å². The third-order valence-electron chi connectivity index (χ3n) is 2.65. The summed E-state index contributed by atoms with van der Waals surface area (Å²) >= 11 is 0. The highest BCUT2D eigenvalue weighted by Crippen LogP contribution is 2.32. The molecule has 1 rings (SSSR count). The predicted octanol–water partition coefficient (Wildman–Crippen LogP) is 3.83. The molecule has 0 saturated carbocycles. The van der Waals surface area contributed by atoms with Crippen LogP contribution in [-0.4, -0.2) is 6.61 Å². The van der Waals surface area contributed by atoms with E-state index in [1.54, 1.807) is 0 Å². The summed E-state index contributed by atoms with van der Waals surface area (Å²) in [5.41, 5.74) is 2.48. The molecule has 17 heavy (non-hydrogen) atoms. The van der Waals surface area contributed by atoms with Crippen LogP contribution in [0.4, 0.5) is 0 Å². The first-order valence-corrected chi connectivity index (χ1v) is 5.98. The summed E-state index contributed by atoms with van der Waals surface area (Å²) in [5.74, 6) is 0.814. The Labute approximate surface area is 104 Å². The van der Waals surface area contributed by atoms with Crippen LogP contribution in [-0.2, 0) is 5.41 Å². The molecule has 1 unspecified atom stereocenters. The first-order chi connectivity index (χ1) is 7.84. The van der Waals surface area contributed by atoms with Crippen molar-refractivity contribution in [2.45, 2.75) is 40.0 Å². The summed E-state index contributed by atoms with van der Waals surface area (Å²) in [6.45, 7) is 10.9. The summed E-state index contributed by atoms with van der Waals surface area (Å²) in [4.78, 5) is 0. The average Bonchev–Trinajstić information content (AvgIpc) is 2.25. The zero-order chi connectivity index (χ0) is 13.1. The second-order valence-corrected chi connectivity index (χ2v) is 5.59. The van der Waals surface area contributed by atoms with Gasteiger partial charge in [-0.1, -0.05) is 38.5 Å². The van der Waals surface area contributed by atoms with E-state index in [1.807, 2.05) is 19.1 Å². The van der Waals surface area contributed by atoms with Crippen molar-refractivity contribution >= 4 is 0 Å². The molecule has 0 aromatic heterocycles. The van der Waals surface area contributed by atoms with E-state index in [-0.39, 0.29) is 11.3 Å². The molecular formula is C15H21NO. The highest BCUT2D eigenvalue weighted by atomic mass is 16.5. The van der Waals surface area contributed by atoms with Crippen molar-refractivity contribution in [2.75, 3.05) is 6.61 Å². The van der Waals surface area contributed by atoms with E-state index in [4.69, 9.17) is 10.00 Å². The van der Waals surface area contributed by atoms with Crippen molar-refractivity contribution in [3.8, 4) is 11.8 Å². The number of nitrogens with zero attached hydrogens (tertiary/aromatic N) is 1. The number of ether oxygens (including phenoxy) is 1. The Balaban J connectivity index is 2.96. The second kappa shape index (κ2) is 5.23. The fraction of sp³-hybridized carbons (Fsp3) is 0.533. The molecule has 0 aliphatic carbocycles. The Hall–Kier alpha value is -1.49. The zero-order valence-electron chi connectivity index (χ0n) is 11.4. The van der Waals surface area contributed by atoms with Crippen LogP contribution in [0.3, 0.4) is 0 Å². The van der Waals surface area contributed by atoms with Crippen molar-refractivity contribution in [1.82, 2.24) is 0 Å². The molecule has 2 heteroatoms. The maximum absolute atomic E-state index is 8.76.